The van der Waals surface area contributed by atoms with Crippen LogP contribution in [-0.4, -0.2) is 75.9 Å². The maximum atomic E-state index is 14.4. The first kappa shape index (κ1) is 37.9. The third-order valence-electron chi connectivity index (χ3n) is 7.39. The first-order chi connectivity index (χ1) is 21.3. The van der Waals surface area contributed by atoms with Crippen LogP contribution in [0.25, 0.3) is 0 Å². The fourth-order valence-corrected chi connectivity index (χ4v) is 6.68. The molecule has 0 spiro atoms. The zero-order chi connectivity index (χ0) is 34.4. The fourth-order valence-electron chi connectivity index (χ4n) is 5.14. The average Bonchev–Trinajstić information content (AvgIpc) is 2.95. The Morgan fingerprint density at radius 1 is 1.11 bits per heavy atom. The minimum atomic E-state index is -4.81. The van der Waals surface area contributed by atoms with Crippen molar-refractivity contribution in [2.45, 2.75) is 76.2 Å². The van der Waals surface area contributed by atoms with Crippen molar-refractivity contribution in [1.29, 1.82) is 0 Å². The van der Waals surface area contributed by atoms with E-state index in [0.29, 0.717) is 32.6 Å². The molecule has 256 valence electrons. The number of piperidine rings is 1. The SMILES string of the molecule is CCS(=O)(=O)c1ccc(Cl)cc1N(C)C(=O)c1cc(Cl)c(CN2CCC[C@H](NCCCNC(=O)OC(C)(C)C)C2)c(C(F)(F)F)c1. The lowest BCUT2D eigenvalue weighted by molar-refractivity contribution is -0.138. The van der Waals surface area contributed by atoms with Gasteiger partial charge in [0.05, 0.1) is 21.9 Å². The van der Waals surface area contributed by atoms with E-state index in [0.717, 1.165) is 23.8 Å². The van der Waals surface area contributed by atoms with Gasteiger partial charge in [0.15, 0.2) is 9.84 Å². The fraction of sp³-hybridized carbons (Fsp3) is 0.548. The highest BCUT2D eigenvalue weighted by molar-refractivity contribution is 7.91. The molecule has 1 aliphatic rings. The summed E-state index contributed by atoms with van der Waals surface area (Å²) in [4.78, 5) is 27.9. The molecule has 0 aliphatic carbocycles. The highest BCUT2D eigenvalue weighted by Crippen LogP contribution is 2.38. The van der Waals surface area contributed by atoms with Gasteiger partial charge in [0.1, 0.15) is 5.60 Å². The summed E-state index contributed by atoms with van der Waals surface area (Å²) in [7, 11) is -2.51. The van der Waals surface area contributed by atoms with Crippen LogP contribution < -0.4 is 15.5 Å². The van der Waals surface area contributed by atoms with E-state index in [9.17, 15) is 31.2 Å². The highest BCUT2D eigenvalue weighted by Gasteiger charge is 2.37. The van der Waals surface area contributed by atoms with Crippen LogP contribution in [0.1, 0.15) is 68.4 Å². The van der Waals surface area contributed by atoms with Crippen LogP contribution in [0, 0.1) is 0 Å². The van der Waals surface area contributed by atoms with Crippen molar-refractivity contribution in [1.82, 2.24) is 15.5 Å². The highest BCUT2D eigenvalue weighted by atomic mass is 35.5. The number of benzene rings is 2. The summed E-state index contributed by atoms with van der Waals surface area (Å²) in [6, 6.07) is 5.88. The molecule has 2 aromatic rings. The minimum Gasteiger partial charge on any atom is -0.444 e. The number of halogens is 5. The lowest BCUT2D eigenvalue weighted by atomic mass is 9.99. The number of hydrogen-bond donors (Lipinski definition) is 2. The molecule has 1 aliphatic heterocycles. The van der Waals surface area contributed by atoms with Crippen LogP contribution >= 0.6 is 23.2 Å². The topological polar surface area (TPSA) is 108 Å². The number of nitrogens with one attached hydrogen (secondary N) is 2. The van der Waals surface area contributed by atoms with Crippen molar-refractivity contribution in [3.05, 3.63) is 57.1 Å². The molecule has 0 saturated carbocycles. The molecular weight excluding hydrogens is 668 g/mol. The van der Waals surface area contributed by atoms with Crippen molar-refractivity contribution >= 4 is 50.7 Å². The minimum absolute atomic E-state index is 0.0316. The van der Waals surface area contributed by atoms with E-state index in [4.69, 9.17) is 27.9 Å². The van der Waals surface area contributed by atoms with Gasteiger partial charge < -0.3 is 20.3 Å². The van der Waals surface area contributed by atoms with Gasteiger partial charge in [-0.25, -0.2) is 13.2 Å². The molecule has 9 nitrogen and oxygen atoms in total. The van der Waals surface area contributed by atoms with Gasteiger partial charge in [-0.05, 0) is 89.0 Å². The predicted octanol–water partition coefficient (Wildman–Crippen LogP) is 6.55. The van der Waals surface area contributed by atoms with Crippen molar-refractivity contribution in [3.8, 4) is 0 Å². The molecule has 0 aromatic heterocycles. The van der Waals surface area contributed by atoms with Crippen molar-refractivity contribution in [3.63, 3.8) is 0 Å². The second-order valence-corrected chi connectivity index (χ2v) is 15.3. The van der Waals surface area contributed by atoms with Crippen LogP contribution in [0.4, 0.5) is 23.7 Å². The Labute approximate surface area is 278 Å². The Hall–Kier alpha value is -2.58. The number of likely N-dealkylation sites (tertiary alicyclic amines) is 1. The molecule has 0 unspecified atom stereocenters. The van der Waals surface area contributed by atoms with Gasteiger partial charge in [-0.1, -0.05) is 30.1 Å². The molecule has 2 N–H and O–H groups in total. The zero-order valence-corrected chi connectivity index (χ0v) is 28.9. The summed E-state index contributed by atoms with van der Waals surface area (Å²) < 4.78 is 73.7. The number of nitrogens with zero attached hydrogens (tertiary/aromatic N) is 2. The summed E-state index contributed by atoms with van der Waals surface area (Å²) in [5, 5.41) is 6.03. The number of hydrogen-bond acceptors (Lipinski definition) is 7. The van der Waals surface area contributed by atoms with Crippen LogP contribution in [-0.2, 0) is 27.3 Å². The zero-order valence-electron chi connectivity index (χ0n) is 26.6. The average molecular weight is 710 g/mol. The van der Waals surface area contributed by atoms with Crippen molar-refractivity contribution < 1.29 is 35.9 Å². The maximum absolute atomic E-state index is 14.4. The Bertz CT molecular complexity index is 1520. The smallest absolute Gasteiger partial charge is 0.416 e. The van der Waals surface area contributed by atoms with Crippen molar-refractivity contribution in [2.75, 3.05) is 43.9 Å². The number of alkyl halides is 3. The largest absolute Gasteiger partial charge is 0.444 e. The first-order valence-electron chi connectivity index (χ1n) is 14.9. The van der Waals surface area contributed by atoms with Gasteiger partial charge >= 0.3 is 12.3 Å². The van der Waals surface area contributed by atoms with E-state index < -0.39 is 39.2 Å². The number of ether oxygens (including phenoxy) is 1. The number of rotatable bonds is 11. The van der Waals surface area contributed by atoms with Crippen LogP contribution in [0.2, 0.25) is 10.0 Å². The quantitative estimate of drug-likeness (QED) is 0.255. The summed E-state index contributed by atoms with van der Waals surface area (Å²) in [5.74, 6) is -1.13. The Morgan fingerprint density at radius 2 is 1.80 bits per heavy atom. The van der Waals surface area contributed by atoms with E-state index in [1.165, 1.54) is 38.2 Å². The van der Waals surface area contributed by atoms with Crippen LogP contribution in [0.15, 0.2) is 35.2 Å². The molecule has 1 atom stereocenters. The molecule has 2 aromatic carbocycles. The van der Waals surface area contributed by atoms with Crippen molar-refractivity contribution in [2.24, 2.45) is 0 Å². The molecule has 0 radical (unpaired) electrons. The normalized spacial score (nSPS) is 16.3. The molecule has 15 heteroatoms. The molecule has 1 fully saturated rings. The summed E-state index contributed by atoms with van der Waals surface area (Å²) in [6.45, 7) is 8.77. The van der Waals surface area contributed by atoms with E-state index in [2.05, 4.69) is 10.6 Å². The molecular formula is C31H41Cl2F3N4O5S. The standard InChI is InChI=1S/C31H41Cl2F3N4O5S/c1-6-46(43,44)27-11-10-21(32)17-26(27)39(5)28(41)20-15-24(31(34,35)36)23(25(33)16-20)19-40-14-7-9-22(18-40)37-12-8-13-38-29(42)45-30(2,3)4/h10-11,15-17,22,37H,6-9,12-14,18-19H2,1-5H3,(H,38,42)/t22-/m0/s1. The Kier molecular flexibility index (Phi) is 12.8. The van der Waals surface area contributed by atoms with E-state index in [1.807, 2.05) is 4.90 Å². The molecule has 3 rings (SSSR count). The molecule has 46 heavy (non-hydrogen) atoms. The summed E-state index contributed by atoms with van der Waals surface area (Å²) in [6.07, 6.45) is -3.06. The van der Waals surface area contributed by atoms with Gasteiger partial charge in [-0.3, -0.25) is 9.69 Å². The van der Waals surface area contributed by atoms with Gasteiger partial charge in [0, 0.05) is 48.3 Å². The molecule has 1 saturated heterocycles. The third-order valence-corrected chi connectivity index (χ3v) is 9.74. The van der Waals surface area contributed by atoms with Crippen LogP contribution in [0.3, 0.4) is 0 Å². The number of carbonyl (C=O) groups excluding carboxylic acids is 2. The number of sulfone groups is 1. The van der Waals surface area contributed by atoms with Gasteiger partial charge in [-0.15, -0.1) is 0 Å². The van der Waals surface area contributed by atoms with Gasteiger partial charge in [0.25, 0.3) is 5.91 Å². The van der Waals surface area contributed by atoms with E-state index in [-0.39, 0.29) is 50.1 Å². The number of amides is 2. The summed E-state index contributed by atoms with van der Waals surface area (Å²) in [5.41, 5.74) is -2.17. The van der Waals surface area contributed by atoms with Gasteiger partial charge in [0.2, 0.25) is 0 Å². The van der Waals surface area contributed by atoms with E-state index in [1.54, 1.807) is 20.8 Å². The maximum Gasteiger partial charge on any atom is 0.416 e. The third kappa shape index (κ3) is 10.5. The molecule has 1 heterocycles. The first-order valence-corrected chi connectivity index (χ1v) is 17.4. The lowest BCUT2D eigenvalue weighted by Crippen LogP contribution is -2.46. The second kappa shape index (κ2) is 15.5. The summed E-state index contributed by atoms with van der Waals surface area (Å²) >= 11 is 12.5. The molecule has 0 bridgehead atoms. The Morgan fingerprint density at radius 3 is 2.43 bits per heavy atom. The monoisotopic (exact) mass is 708 g/mol. The number of anilines is 1. The second-order valence-electron chi connectivity index (χ2n) is 12.2. The van der Waals surface area contributed by atoms with Crippen LogP contribution in [0.5, 0.6) is 0 Å². The van der Waals surface area contributed by atoms with Gasteiger partial charge in [-0.2, -0.15) is 13.2 Å². The molecule has 2 amide bonds. The number of carbonyl (C=O) groups is 2. The Balaban J connectivity index is 1.74. The van der Waals surface area contributed by atoms with E-state index >= 15 is 0 Å². The predicted molar refractivity (Wildman–Crippen MR) is 174 cm³/mol. The number of alkyl carbamates (subject to hydrolysis) is 1. The lowest BCUT2D eigenvalue weighted by Gasteiger charge is -2.34.